The van der Waals surface area contributed by atoms with Gasteiger partial charge in [-0.1, -0.05) is 30.3 Å². The third-order valence-corrected chi connectivity index (χ3v) is 5.67. The number of carbonyl (C=O) groups is 2. The number of esters is 1. The van der Waals surface area contributed by atoms with E-state index >= 15 is 0 Å². The van der Waals surface area contributed by atoms with Crippen molar-refractivity contribution in [3.63, 3.8) is 0 Å². The third kappa shape index (κ3) is 4.51. The lowest BCUT2D eigenvalue weighted by Gasteiger charge is -2.28. The van der Waals surface area contributed by atoms with Gasteiger partial charge in [0.05, 0.1) is 25.1 Å². The molecule has 166 valence electrons. The van der Waals surface area contributed by atoms with Crippen LogP contribution in [0.4, 0.5) is 0 Å². The molecule has 4 rings (SSSR count). The van der Waals surface area contributed by atoms with E-state index in [1.54, 1.807) is 18.7 Å². The zero-order valence-corrected chi connectivity index (χ0v) is 18.4. The molecule has 2 heterocycles. The van der Waals surface area contributed by atoms with E-state index in [1.807, 2.05) is 59.5 Å². The molecular formula is C25H27N3O4. The van der Waals surface area contributed by atoms with E-state index in [0.717, 1.165) is 28.3 Å². The van der Waals surface area contributed by atoms with Gasteiger partial charge < -0.3 is 14.4 Å². The summed E-state index contributed by atoms with van der Waals surface area (Å²) in [7, 11) is 1.62. The van der Waals surface area contributed by atoms with Crippen LogP contribution in [-0.2, 0) is 28.9 Å². The van der Waals surface area contributed by atoms with Crippen LogP contribution in [0.15, 0.2) is 54.6 Å². The van der Waals surface area contributed by atoms with Crippen LogP contribution in [0.25, 0.3) is 5.69 Å². The van der Waals surface area contributed by atoms with Crippen LogP contribution < -0.4 is 4.74 Å². The van der Waals surface area contributed by atoms with Gasteiger partial charge in [-0.05, 0) is 43.2 Å². The van der Waals surface area contributed by atoms with E-state index < -0.39 is 5.97 Å². The fourth-order valence-electron chi connectivity index (χ4n) is 3.99. The van der Waals surface area contributed by atoms with Gasteiger partial charge >= 0.3 is 5.97 Å². The topological polar surface area (TPSA) is 73.7 Å². The Bertz CT molecular complexity index is 1090. The van der Waals surface area contributed by atoms with Crippen LogP contribution in [-0.4, -0.2) is 46.8 Å². The summed E-state index contributed by atoms with van der Waals surface area (Å²) in [5.41, 5.74) is 3.95. The molecule has 2 aromatic carbocycles. The van der Waals surface area contributed by atoms with Crippen molar-refractivity contribution in [1.82, 2.24) is 14.7 Å². The molecule has 1 aliphatic rings. The van der Waals surface area contributed by atoms with Gasteiger partial charge in [0, 0.05) is 31.5 Å². The van der Waals surface area contributed by atoms with E-state index in [0.29, 0.717) is 32.4 Å². The first-order valence-corrected chi connectivity index (χ1v) is 10.8. The Morgan fingerprint density at radius 2 is 1.81 bits per heavy atom. The molecule has 0 radical (unpaired) electrons. The fraction of sp³-hybridized carbons (Fsp3) is 0.320. The van der Waals surface area contributed by atoms with Gasteiger partial charge in [-0.15, -0.1) is 0 Å². The first-order valence-electron chi connectivity index (χ1n) is 10.8. The predicted molar refractivity (Wildman–Crippen MR) is 120 cm³/mol. The summed E-state index contributed by atoms with van der Waals surface area (Å²) in [6.45, 7) is 2.98. The number of nitrogens with zero attached hydrogens (tertiary/aromatic N) is 3. The Kier molecular flexibility index (Phi) is 6.54. The largest absolute Gasteiger partial charge is 0.497 e. The molecule has 1 amide bonds. The lowest BCUT2D eigenvalue weighted by atomic mass is 10.0. The van der Waals surface area contributed by atoms with E-state index in [2.05, 4.69) is 5.10 Å². The second-order valence-corrected chi connectivity index (χ2v) is 7.66. The maximum absolute atomic E-state index is 12.9. The van der Waals surface area contributed by atoms with Crippen molar-refractivity contribution in [2.45, 2.75) is 32.7 Å². The molecule has 0 aliphatic carbocycles. The van der Waals surface area contributed by atoms with E-state index in [-0.39, 0.29) is 18.2 Å². The summed E-state index contributed by atoms with van der Waals surface area (Å²) >= 11 is 0. The standard InChI is InChI=1S/C25H27N3O4/c1-3-32-25(30)24-21-17-27(23(29)14-9-18-7-5-4-6-8-18)16-15-22(21)28(26-24)19-10-12-20(31-2)13-11-19/h4-8,10-13H,3,9,14-17H2,1-2H3. The number of aryl methyl sites for hydroxylation is 1. The summed E-state index contributed by atoms with van der Waals surface area (Å²) in [4.78, 5) is 27.3. The minimum Gasteiger partial charge on any atom is -0.497 e. The number of aromatic nitrogens is 2. The first kappa shape index (κ1) is 21.6. The highest BCUT2D eigenvalue weighted by atomic mass is 16.5. The van der Waals surface area contributed by atoms with Gasteiger partial charge in [-0.2, -0.15) is 5.10 Å². The highest BCUT2D eigenvalue weighted by molar-refractivity contribution is 5.90. The van der Waals surface area contributed by atoms with Crippen LogP contribution in [0.5, 0.6) is 5.75 Å². The van der Waals surface area contributed by atoms with E-state index in [4.69, 9.17) is 9.47 Å². The van der Waals surface area contributed by atoms with Gasteiger partial charge in [0.25, 0.3) is 0 Å². The highest BCUT2D eigenvalue weighted by Gasteiger charge is 2.31. The summed E-state index contributed by atoms with van der Waals surface area (Å²) in [5.74, 6) is 0.358. The first-order chi connectivity index (χ1) is 15.6. The van der Waals surface area contributed by atoms with E-state index in [1.165, 1.54) is 0 Å². The van der Waals surface area contributed by atoms with Crippen molar-refractivity contribution in [2.75, 3.05) is 20.3 Å². The molecule has 1 aliphatic heterocycles. The summed E-state index contributed by atoms with van der Waals surface area (Å²) in [6.07, 6.45) is 1.74. The van der Waals surface area contributed by atoms with Crippen molar-refractivity contribution in [2.24, 2.45) is 0 Å². The van der Waals surface area contributed by atoms with Gasteiger partial charge in [0.15, 0.2) is 5.69 Å². The molecule has 7 heteroatoms. The Morgan fingerprint density at radius 1 is 1.06 bits per heavy atom. The van der Waals surface area contributed by atoms with E-state index in [9.17, 15) is 9.59 Å². The van der Waals surface area contributed by atoms with Gasteiger partial charge in [0.1, 0.15) is 5.75 Å². The monoisotopic (exact) mass is 433 g/mol. The van der Waals surface area contributed by atoms with Crippen LogP contribution >= 0.6 is 0 Å². The maximum atomic E-state index is 12.9. The number of fused-ring (bicyclic) bond motifs is 1. The minimum atomic E-state index is -0.463. The Labute approximate surface area is 187 Å². The maximum Gasteiger partial charge on any atom is 0.359 e. The zero-order valence-electron chi connectivity index (χ0n) is 18.4. The van der Waals surface area contributed by atoms with Crippen molar-refractivity contribution < 1.29 is 19.1 Å². The number of benzene rings is 2. The molecule has 1 aromatic heterocycles. The minimum absolute atomic E-state index is 0.0755. The quantitative estimate of drug-likeness (QED) is 0.533. The summed E-state index contributed by atoms with van der Waals surface area (Å²) in [6, 6.07) is 17.5. The smallest absolute Gasteiger partial charge is 0.359 e. The third-order valence-electron chi connectivity index (χ3n) is 5.67. The summed E-state index contributed by atoms with van der Waals surface area (Å²) < 4.78 is 12.3. The molecular weight excluding hydrogens is 406 g/mol. The second kappa shape index (κ2) is 9.68. The molecule has 0 atom stereocenters. The second-order valence-electron chi connectivity index (χ2n) is 7.66. The van der Waals surface area contributed by atoms with Crippen LogP contribution in [0.3, 0.4) is 0 Å². The number of carbonyl (C=O) groups excluding carboxylic acids is 2. The zero-order chi connectivity index (χ0) is 22.5. The van der Waals surface area contributed by atoms with Gasteiger partial charge in [0.2, 0.25) is 5.91 Å². The molecule has 0 fully saturated rings. The molecule has 3 aromatic rings. The number of ether oxygens (including phenoxy) is 2. The Hall–Kier alpha value is -3.61. The molecule has 32 heavy (non-hydrogen) atoms. The highest BCUT2D eigenvalue weighted by Crippen LogP contribution is 2.27. The van der Waals surface area contributed by atoms with Crippen LogP contribution in [0.2, 0.25) is 0 Å². The molecule has 0 saturated carbocycles. The number of hydrogen-bond acceptors (Lipinski definition) is 5. The number of amides is 1. The normalized spacial score (nSPS) is 12.9. The van der Waals surface area contributed by atoms with Crippen molar-refractivity contribution in [3.8, 4) is 11.4 Å². The lowest BCUT2D eigenvalue weighted by molar-refractivity contribution is -0.132. The van der Waals surface area contributed by atoms with Gasteiger partial charge in [-0.3, -0.25) is 4.79 Å². The number of methoxy groups -OCH3 is 1. The predicted octanol–water partition coefficient (Wildman–Crippen LogP) is 3.58. The average molecular weight is 434 g/mol. The van der Waals surface area contributed by atoms with Crippen LogP contribution in [0.1, 0.15) is 40.7 Å². The fourth-order valence-corrected chi connectivity index (χ4v) is 3.99. The van der Waals surface area contributed by atoms with Crippen molar-refractivity contribution in [3.05, 3.63) is 77.1 Å². The van der Waals surface area contributed by atoms with Crippen molar-refractivity contribution in [1.29, 1.82) is 0 Å². The molecule has 0 spiro atoms. The molecule has 0 bridgehead atoms. The summed E-state index contributed by atoms with van der Waals surface area (Å²) in [5, 5.41) is 4.59. The molecule has 7 nitrogen and oxygen atoms in total. The average Bonchev–Trinajstić information content (AvgIpc) is 3.22. The molecule has 0 unspecified atom stereocenters. The molecule has 0 N–H and O–H groups in total. The Morgan fingerprint density at radius 3 is 2.50 bits per heavy atom. The SMILES string of the molecule is CCOC(=O)c1nn(-c2ccc(OC)cc2)c2c1CN(C(=O)CCc1ccccc1)CC2. The molecule has 0 saturated heterocycles. The van der Waals surface area contributed by atoms with Gasteiger partial charge in [-0.25, -0.2) is 9.48 Å². The number of hydrogen-bond donors (Lipinski definition) is 0. The number of rotatable bonds is 7. The van der Waals surface area contributed by atoms with Crippen molar-refractivity contribution >= 4 is 11.9 Å². The Balaban J connectivity index is 1.58. The lowest BCUT2D eigenvalue weighted by Crippen LogP contribution is -2.36. The van der Waals surface area contributed by atoms with Crippen LogP contribution in [0, 0.1) is 0 Å².